The van der Waals surface area contributed by atoms with Gasteiger partial charge in [0.1, 0.15) is 0 Å². The van der Waals surface area contributed by atoms with Gasteiger partial charge in [0.25, 0.3) is 5.91 Å². The number of nitrogens with one attached hydrogen (secondary N) is 1. The van der Waals surface area contributed by atoms with E-state index in [0.29, 0.717) is 6.04 Å². The molecular formula is C14H20N2O. The van der Waals surface area contributed by atoms with Gasteiger partial charge >= 0.3 is 0 Å². The first kappa shape index (κ1) is 12.1. The predicted octanol–water partition coefficient (Wildman–Crippen LogP) is 1.82. The van der Waals surface area contributed by atoms with Crippen molar-refractivity contribution < 1.29 is 4.79 Å². The molecule has 1 fully saturated rings. The Labute approximate surface area is 103 Å². The highest BCUT2D eigenvalue weighted by molar-refractivity contribution is 5.94. The van der Waals surface area contributed by atoms with Crippen LogP contribution < -0.4 is 5.32 Å². The minimum atomic E-state index is 0.173. The maximum atomic E-state index is 12.4. The quantitative estimate of drug-likeness (QED) is 0.862. The molecule has 2 rings (SSSR count). The van der Waals surface area contributed by atoms with Crippen LogP contribution in [0.4, 0.5) is 0 Å². The first-order valence-electron chi connectivity index (χ1n) is 6.24. The number of hydrogen-bond acceptors (Lipinski definition) is 2. The standard InChI is InChI=1S/C14H20N2O/c1-11-5-3-6-12(9-11)14(17)16-8-4-7-13(16)10-15-2/h3,5-6,9,13,15H,4,7-8,10H2,1-2H3/t13-/m1/s1. The Morgan fingerprint density at radius 3 is 3.06 bits per heavy atom. The molecular weight excluding hydrogens is 212 g/mol. The Kier molecular flexibility index (Phi) is 3.79. The van der Waals surface area contributed by atoms with Crippen LogP contribution in [-0.2, 0) is 0 Å². The smallest absolute Gasteiger partial charge is 0.254 e. The number of benzene rings is 1. The molecule has 0 bridgehead atoms. The molecule has 3 nitrogen and oxygen atoms in total. The van der Waals surface area contributed by atoms with Crippen LogP contribution in [0.25, 0.3) is 0 Å². The molecule has 1 heterocycles. The summed E-state index contributed by atoms with van der Waals surface area (Å²) in [4.78, 5) is 14.4. The van der Waals surface area contributed by atoms with Crippen molar-refractivity contribution in [3.63, 3.8) is 0 Å². The fourth-order valence-corrected chi connectivity index (χ4v) is 2.49. The Morgan fingerprint density at radius 1 is 1.53 bits per heavy atom. The second kappa shape index (κ2) is 5.32. The summed E-state index contributed by atoms with van der Waals surface area (Å²) in [7, 11) is 1.94. The molecule has 0 radical (unpaired) electrons. The fraction of sp³-hybridized carbons (Fsp3) is 0.500. The molecule has 3 heteroatoms. The summed E-state index contributed by atoms with van der Waals surface area (Å²) in [6, 6.07) is 8.20. The van der Waals surface area contributed by atoms with Crippen molar-refractivity contribution in [1.29, 1.82) is 0 Å². The van der Waals surface area contributed by atoms with Gasteiger partial charge in [-0.05, 0) is 38.9 Å². The highest BCUT2D eigenvalue weighted by Crippen LogP contribution is 2.19. The van der Waals surface area contributed by atoms with Gasteiger partial charge < -0.3 is 10.2 Å². The summed E-state index contributed by atoms with van der Waals surface area (Å²) in [5.74, 6) is 0.173. The lowest BCUT2D eigenvalue weighted by Gasteiger charge is -2.24. The molecule has 0 aliphatic carbocycles. The van der Waals surface area contributed by atoms with Crippen molar-refractivity contribution in [2.24, 2.45) is 0 Å². The van der Waals surface area contributed by atoms with Gasteiger partial charge in [-0.2, -0.15) is 0 Å². The third kappa shape index (κ3) is 2.67. The summed E-state index contributed by atoms with van der Waals surface area (Å²) < 4.78 is 0. The van der Waals surface area contributed by atoms with Gasteiger partial charge in [-0.15, -0.1) is 0 Å². The first-order valence-corrected chi connectivity index (χ1v) is 6.24. The number of nitrogens with zero attached hydrogens (tertiary/aromatic N) is 1. The maximum Gasteiger partial charge on any atom is 0.254 e. The van der Waals surface area contributed by atoms with Crippen molar-refractivity contribution in [2.45, 2.75) is 25.8 Å². The number of likely N-dealkylation sites (tertiary alicyclic amines) is 1. The van der Waals surface area contributed by atoms with Gasteiger partial charge in [-0.3, -0.25) is 4.79 Å². The highest BCUT2D eigenvalue weighted by atomic mass is 16.2. The average molecular weight is 232 g/mol. The largest absolute Gasteiger partial charge is 0.334 e. The molecule has 1 aromatic rings. The minimum absolute atomic E-state index is 0.173. The van der Waals surface area contributed by atoms with E-state index in [0.717, 1.165) is 37.1 Å². The van der Waals surface area contributed by atoms with Gasteiger partial charge in [0.05, 0.1) is 0 Å². The van der Waals surface area contributed by atoms with Crippen LogP contribution in [0.15, 0.2) is 24.3 Å². The third-order valence-electron chi connectivity index (χ3n) is 3.34. The minimum Gasteiger partial charge on any atom is -0.334 e. The van der Waals surface area contributed by atoms with E-state index >= 15 is 0 Å². The number of likely N-dealkylation sites (N-methyl/N-ethyl adjacent to an activating group) is 1. The molecule has 1 aromatic carbocycles. The lowest BCUT2D eigenvalue weighted by atomic mass is 10.1. The topological polar surface area (TPSA) is 32.3 Å². The molecule has 0 unspecified atom stereocenters. The summed E-state index contributed by atoms with van der Waals surface area (Å²) in [5, 5.41) is 3.16. The van der Waals surface area contributed by atoms with E-state index in [2.05, 4.69) is 5.32 Å². The molecule has 92 valence electrons. The van der Waals surface area contributed by atoms with Crippen molar-refractivity contribution in [1.82, 2.24) is 10.2 Å². The van der Waals surface area contributed by atoms with E-state index in [1.165, 1.54) is 0 Å². The fourth-order valence-electron chi connectivity index (χ4n) is 2.49. The molecule has 0 saturated carbocycles. The monoisotopic (exact) mass is 232 g/mol. The van der Waals surface area contributed by atoms with Gasteiger partial charge in [0.15, 0.2) is 0 Å². The highest BCUT2D eigenvalue weighted by Gasteiger charge is 2.28. The lowest BCUT2D eigenvalue weighted by Crippen LogP contribution is -2.40. The molecule has 0 spiro atoms. The van der Waals surface area contributed by atoms with Gasteiger partial charge in [0, 0.05) is 24.7 Å². The average Bonchev–Trinajstić information content (AvgIpc) is 2.77. The van der Waals surface area contributed by atoms with Crippen molar-refractivity contribution in [3.05, 3.63) is 35.4 Å². The summed E-state index contributed by atoms with van der Waals surface area (Å²) >= 11 is 0. The van der Waals surface area contributed by atoms with Crippen LogP contribution in [0.1, 0.15) is 28.8 Å². The second-order valence-corrected chi connectivity index (χ2v) is 4.72. The number of aryl methyl sites for hydroxylation is 1. The third-order valence-corrected chi connectivity index (χ3v) is 3.34. The van der Waals surface area contributed by atoms with Crippen LogP contribution in [0.2, 0.25) is 0 Å². The van der Waals surface area contributed by atoms with Crippen LogP contribution >= 0.6 is 0 Å². The zero-order chi connectivity index (χ0) is 12.3. The molecule has 1 aliphatic heterocycles. The molecule has 1 atom stereocenters. The summed E-state index contributed by atoms with van der Waals surface area (Å²) in [6.45, 7) is 3.79. The van der Waals surface area contributed by atoms with Crippen LogP contribution in [0.5, 0.6) is 0 Å². The number of carbonyl (C=O) groups excluding carboxylic acids is 1. The Morgan fingerprint density at radius 2 is 2.35 bits per heavy atom. The summed E-state index contributed by atoms with van der Waals surface area (Å²) in [6.07, 6.45) is 2.22. The van der Waals surface area contributed by atoms with E-state index in [4.69, 9.17) is 0 Å². The van der Waals surface area contributed by atoms with Crippen LogP contribution in [0, 0.1) is 6.92 Å². The molecule has 1 aliphatic rings. The predicted molar refractivity (Wildman–Crippen MR) is 69.2 cm³/mol. The summed E-state index contributed by atoms with van der Waals surface area (Å²) in [5.41, 5.74) is 1.95. The van der Waals surface area contributed by atoms with Crippen molar-refractivity contribution in [3.8, 4) is 0 Å². The number of hydrogen-bond donors (Lipinski definition) is 1. The second-order valence-electron chi connectivity index (χ2n) is 4.72. The van der Waals surface area contributed by atoms with Gasteiger partial charge in [-0.1, -0.05) is 17.7 Å². The van der Waals surface area contributed by atoms with E-state index in [9.17, 15) is 4.79 Å². The molecule has 1 N–H and O–H groups in total. The Bertz CT molecular complexity index is 403. The van der Waals surface area contributed by atoms with Crippen LogP contribution in [0.3, 0.4) is 0 Å². The van der Waals surface area contributed by atoms with E-state index in [1.54, 1.807) is 0 Å². The van der Waals surface area contributed by atoms with Crippen molar-refractivity contribution in [2.75, 3.05) is 20.1 Å². The number of carbonyl (C=O) groups is 1. The van der Waals surface area contributed by atoms with Crippen molar-refractivity contribution >= 4 is 5.91 Å². The van der Waals surface area contributed by atoms with Gasteiger partial charge in [0.2, 0.25) is 0 Å². The molecule has 0 aromatic heterocycles. The zero-order valence-electron chi connectivity index (χ0n) is 10.6. The lowest BCUT2D eigenvalue weighted by molar-refractivity contribution is 0.0737. The molecule has 1 amide bonds. The van der Waals surface area contributed by atoms with E-state index in [1.807, 2.05) is 43.1 Å². The van der Waals surface area contributed by atoms with E-state index in [-0.39, 0.29) is 5.91 Å². The van der Waals surface area contributed by atoms with Crippen LogP contribution in [-0.4, -0.2) is 37.0 Å². The molecule has 17 heavy (non-hydrogen) atoms. The Balaban J connectivity index is 2.14. The Hall–Kier alpha value is -1.35. The zero-order valence-corrected chi connectivity index (χ0v) is 10.6. The van der Waals surface area contributed by atoms with E-state index < -0.39 is 0 Å². The first-order chi connectivity index (χ1) is 8.22. The number of amides is 1. The normalized spacial score (nSPS) is 19.6. The SMILES string of the molecule is CNC[C@H]1CCCN1C(=O)c1cccc(C)c1. The number of rotatable bonds is 3. The maximum absolute atomic E-state index is 12.4. The molecule has 1 saturated heterocycles. The van der Waals surface area contributed by atoms with Gasteiger partial charge in [-0.25, -0.2) is 0 Å².